The Labute approximate surface area is 176 Å². The first-order chi connectivity index (χ1) is 14.4. The Hall–Kier alpha value is -2.68. The first-order valence-corrected chi connectivity index (χ1v) is 10.8. The van der Waals surface area contributed by atoms with E-state index in [1.165, 1.54) is 21.9 Å². The maximum absolute atomic E-state index is 13.0. The number of amides is 1. The Bertz CT molecular complexity index is 983. The van der Waals surface area contributed by atoms with Crippen LogP contribution in [0.3, 0.4) is 0 Å². The number of hydrogen-bond donors (Lipinski definition) is 3. The largest absolute Gasteiger partial charge is 0.490 e. The zero-order valence-electron chi connectivity index (χ0n) is 16.9. The summed E-state index contributed by atoms with van der Waals surface area (Å²) in [4.78, 5) is 11.7. The van der Waals surface area contributed by atoms with Crippen LogP contribution in [0.5, 0.6) is 0 Å². The number of hydrogen-bond acceptors (Lipinski definition) is 6. The topological polar surface area (TPSA) is 116 Å². The summed E-state index contributed by atoms with van der Waals surface area (Å²) in [6.07, 6.45) is 8.41. The van der Waals surface area contributed by atoms with Crippen LogP contribution >= 0.6 is 0 Å². The van der Waals surface area contributed by atoms with E-state index < -0.39 is 15.9 Å². The second-order valence-electron chi connectivity index (χ2n) is 6.59. The molecule has 0 atom stereocenters. The van der Waals surface area contributed by atoms with Crippen molar-refractivity contribution in [3.8, 4) is 0 Å². The lowest BCUT2D eigenvalue weighted by Crippen LogP contribution is -2.41. The molecule has 0 spiro atoms. The molecule has 1 aliphatic heterocycles. The van der Waals surface area contributed by atoms with Gasteiger partial charge >= 0.3 is 0 Å². The SMILES string of the molecule is CC1=CC=C(OC2CCN(S(=O)(=O)c3ccccc3C(=O)NO)CC2)C=C=C1.CO. The average Bonchev–Trinajstić information content (AvgIpc) is 2.99. The highest BCUT2D eigenvalue weighted by Gasteiger charge is 2.32. The Morgan fingerprint density at radius 1 is 1.17 bits per heavy atom. The molecule has 1 aromatic carbocycles. The van der Waals surface area contributed by atoms with E-state index in [2.05, 4.69) is 5.73 Å². The summed E-state index contributed by atoms with van der Waals surface area (Å²) in [7, 11) is -2.86. The lowest BCUT2D eigenvalue weighted by Gasteiger charge is -2.31. The fourth-order valence-corrected chi connectivity index (χ4v) is 4.76. The summed E-state index contributed by atoms with van der Waals surface area (Å²) in [5, 5.41) is 15.9. The highest BCUT2D eigenvalue weighted by Crippen LogP contribution is 2.26. The lowest BCUT2D eigenvalue weighted by atomic mass is 10.1. The molecular formula is C21H26N2O6S. The molecule has 1 fully saturated rings. The number of aliphatic hydroxyl groups is 1. The normalized spacial score (nSPS) is 17.2. The van der Waals surface area contributed by atoms with Gasteiger partial charge in [0.2, 0.25) is 10.0 Å². The molecule has 1 amide bonds. The van der Waals surface area contributed by atoms with Crippen LogP contribution in [-0.2, 0) is 14.8 Å². The third kappa shape index (κ3) is 5.69. The summed E-state index contributed by atoms with van der Waals surface area (Å²) in [5.41, 5.74) is 5.51. The van der Waals surface area contributed by atoms with Gasteiger partial charge in [0.15, 0.2) is 0 Å². The van der Waals surface area contributed by atoms with Crippen molar-refractivity contribution < 1.29 is 28.3 Å². The molecule has 8 nitrogen and oxygen atoms in total. The Morgan fingerprint density at radius 2 is 1.83 bits per heavy atom. The van der Waals surface area contributed by atoms with Crippen molar-refractivity contribution in [1.82, 2.24) is 9.79 Å². The molecule has 0 radical (unpaired) electrons. The fraction of sp³-hybridized carbons (Fsp3) is 0.333. The number of carbonyl (C=O) groups excluding carboxylic acids is 1. The molecule has 0 bridgehead atoms. The first-order valence-electron chi connectivity index (χ1n) is 9.38. The number of hydroxylamine groups is 1. The number of sulfonamides is 1. The van der Waals surface area contributed by atoms with Crippen LogP contribution < -0.4 is 5.48 Å². The standard InChI is InChI=1S/C20H22N2O5S.CH4O/c1-15-5-4-6-16(10-9-15)27-17-11-13-22(14-12-17)28(25,26)19-8-3-2-7-18(19)20(23)21-24;1-2/h2-3,5-10,17,24H,11-14H2,1H3,(H,21,23);2H,1H3. The van der Waals surface area contributed by atoms with Gasteiger partial charge in [-0.15, -0.1) is 5.73 Å². The van der Waals surface area contributed by atoms with Gasteiger partial charge < -0.3 is 9.84 Å². The summed E-state index contributed by atoms with van der Waals surface area (Å²) in [6, 6.07) is 5.82. The van der Waals surface area contributed by atoms with Crippen LogP contribution in [0, 0.1) is 0 Å². The molecule has 3 N–H and O–H groups in total. The van der Waals surface area contributed by atoms with Crippen LogP contribution in [0.2, 0.25) is 0 Å². The van der Waals surface area contributed by atoms with Gasteiger partial charge in [-0.05, 0) is 49.6 Å². The quantitative estimate of drug-likeness (QED) is 0.371. The Balaban J connectivity index is 0.00000155. The van der Waals surface area contributed by atoms with Crippen LogP contribution in [-0.4, -0.2) is 55.2 Å². The highest BCUT2D eigenvalue weighted by atomic mass is 32.2. The summed E-state index contributed by atoms with van der Waals surface area (Å²) in [5.74, 6) is -0.166. The van der Waals surface area contributed by atoms with Crippen LogP contribution in [0.4, 0.5) is 0 Å². The average molecular weight is 435 g/mol. The zero-order chi connectivity index (χ0) is 22.1. The number of rotatable bonds is 5. The van der Waals surface area contributed by atoms with Crippen molar-refractivity contribution in [2.24, 2.45) is 0 Å². The molecule has 1 aromatic rings. The predicted octanol–water partition coefficient (Wildman–Crippen LogP) is 2.14. The molecule has 0 unspecified atom stereocenters. The molecule has 1 saturated heterocycles. The molecule has 162 valence electrons. The number of ether oxygens (including phenoxy) is 1. The number of piperidine rings is 1. The second kappa shape index (κ2) is 10.9. The number of nitrogens with one attached hydrogen (secondary N) is 1. The van der Waals surface area contributed by atoms with Crippen LogP contribution in [0.15, 0.2) is 70.5 Å². The molecular weight excluding hydrogens is 408 g/mol. The first kappa shape index (κ1) is 23.6. The summed E-state index contributed by atoms with van der Waals surface area (Å²) < 4.78 is 33.3. The van der Waals surface area contributed by atoms with E-state index in [0.29, 0.717) is 18.6 Å². The van der Waals surface area contributed by atoms with Gasteiger partial charge in [-0.2, -0.15) is 4.31 Å². The van der Waals surface area contributed by atoms with Crippen molar-refractivity contribution in [3.05, 3.63) is 71.2 Å². The number of aliphatic hydroxyl groups excluding tert-OH is 1. The van der Waals surface area contributed by atoms with Crippen molar-refractivity contribution in [3.63, 3.8) is 0 Å². The van der Waals surface area contributed by atoms with E-state index in [0.717, 1.165) is 12.7 Å². The number of carbonyl (C=O) groups is 1. The minimum Gasteiger partial charge on any atom is -0.490 e. The van der Waals surface area contributed by atoms with Crippen molar-refractivity contribution in [2.75, 3.05) is 20.2 Å². The van der Waals surface area contributed by atoms with E-state index in [1.54, 1.807) is 18.2 Å². The Kier molecular flexibility index (Phi) is 8.58. The molecule has 0 saturated carbocycles. The smallest absolute Gasteiger partial charge is 0.276 e. The fourth-order valence-electron chi connectivity index (χ4n) is 3.10. The maximum Gasteiger partial charge on any atom is 0.276 e. The third-order valence-corrected chi connectivity index (χ3v) is 6.56. The molecule has 2 aliphatic rings. The monoisotopic (exact) mass is 434 g/mol. The van der Waals surface area contributed by atoms with Gasteiger partial charge in [0.05, 0.1) is 10.5 Å². The minimum absolute atomic E-state index is 0.0916. The van der Waals surface area contributed by atoms with E-state index in [4.69, 9.17) is 15.1 Å². The van der Waals surface area contributed by atoms with Crippen molar-refractivity contribution in [1.29, 1.82) is 0 Å². The summed E-state index contributed by atoms with van der Waals surface area (Å²) >= 11 is 0. The molecule has 1 heterocycles. The van der Waals surface area contributed by atoms with Gasteiger partial charge in [-0.1, -0.05) is 18.2 Å². The number of allylic oxidation sites excluding steroid dienone is 4. The Morgan fingerprint density at radius 3 is 2.50 bits per heavy atom. The van der Waals surface area contributed by atoms with Crippen molar-refractivity contribution >= 4 is 15.9 Å². The van der Waals surface area contributed by atoms with Gasteiger partial charge in [-0.3, -0.25) is 10.0 Å². The van der Waals surface area contributed by atoms with Crippen LogP contribution in [0.25, 0.3) is 0 Å². The second-order valence-corrected chi connectivity index (χ2v) is 8.50. The third-order valence-electron chi connectivity index (χ3n) is 4.60. The van der Waals surface area contributed by atoms with E-state index >= 15 is 0 Å². The highest BCUT2D eigenvalue weighted by molar-refractivity contribution is 7.89. The number of nitrogens with zero attached hydrogens (tertiary/aromatic N) is 1. The van der Waals surface area contributed by atoms with Gasteiger partial charge in [0.25, 0.3) is 5.91 Å². The van der Waals surface area contributed by atoms with Gasteiger partial charge in [-0.25, -0.2) is 13.9 Å². The molecule has 30 heavy (non-hydrogen) atoms. The predicted molar refractivity (Wildman–Crippen MR) is 111 cm³/mol. The summed E-state index contributed by atoms with van der Waals surface area (Å²) in [6.45, 7) is 2.53. The van der Waals surface area contributed by atoms with Crippen molar-refractivity contribution in [2.45, 2.75) is 30.8 Å². The molecule has 3 rings (SSSR count). The lowest BCUT2D eigenvalue weighted by molar-refractivity contribution is 0.0700. The molecule has 0 aromatic heterocycles. The molecule has 1 aliphatic carbocycles. The number of benzene rings is 1. The van der Waals surface area contributed by atoms with Gasteiger partial charge in [0, 0.05) is 26.3 Å². The minimum atomic E-state index is -3.86. The zero-order valence-corrected chi connectivity index (χ0v) is 17.7. The maximum atomic E-state index is 13.0. The van der Waals surface area contributed by atoms with E-state index in [1.807, 2.05) is 25.2 Å². The van der Waals surface area contributed by atoms with Gasteiger partial charge in [0.1, 0.15) is 11.9 Å². The molecule has 9 heteroatoms. The van der Waals surface area contributed by atoms with E-state index in [9.17, 15) is 13.2 Å². The van der Waals surface area contributed by atoms with Crippen LogP contribution in [0.1, 0.15) is 30.1 Å². The van der Waals surface area contributed by atoms with E-state index in [-0.39, 0.29) is 29.7 Å².